The van der Waals surface area contributed by atoms with Gasteiger partial charge in [-0.25, -0.2) is 4.39 Å². The first kappa shape index (κ1) is 20.7. The summed E-state index contributed by atoms with van der Waals surface area (Å²) in [4.78, 5) is 0. The predicted octanol–water partition coefficient (Wildman–Crippen LogP) is 7.80. The first-order chi connectivity index (χ1) is 14.1. The second-order valence-electron chi connectivity index (χ2n) is 10.1. The van der Waals surface area contributed by atoms with E-state index in [1.165, 1.54) is 44.1 Å². The van der Waals surface area contributed by atoms with Gasteiger partial charge in [-0.1, -0.05) is 44.1 Å². The average molecular weight is 397 g/mol. The maximum absolute atomic E-state index is 15.8. The van der Waals surface area contributed by atoms with E-state index in [9.17, 15) is 0 Å². The van der Waals surface area contributed by atoms with E-state index >= 15 is 4.39 Å². The third kappa shape index (κ3) is 4.80. The highest BCUT2D eigenvalue weighted by Crippen LogP contribution is 2.62. The van der Waals surface area contributed by atoms with Gasteiger partial charge in [0.2, 0.25) is 0 Å². The van der Waals surface area contributed by atoms with Gasteiger partial charge in [-0.2, -0.15) is 0 Å². The summed E-state index contributed by atoms with van der Waals surface area (Å²) in [5.74, 6) is 3.25. The molecule has 1 aromatic carbocycles. The Kier molecular flexibility index (Phi) is 6.50. The summed E-state index contributed by atoms with van der Waals surface area (Å²) in [6.45, 7) is 2.24. The Morgan fingerprint density at radius 3 is 2.38 bits per heavy atom. The second-order valence-corrected chi connectivity index (χ2v) is 10.1. The lowest BCUT2D eigenvalue weighted by Crippen LogP contribution is -2.46. The first-order valence-corrected chi connectivity index (χ1v) is 11.9. The molecule has 1 aromatic rings. The van der Waals surface area contributed by atoms with Crippen molar-refractivity contribution in [2.24, 2.45) is 23.2 Å². The van der Waals surface area contributed by atoms with E-state index in [0.29, 0.717) is 0 Å². The van der Waals surface area contributed by atoms with Crippen molar-refractivity contribution in [3.05, 3.63) is 47.0 Å². The molecule has 158 valence electrons. The summed E-state index contributed by atoms with van der Waals surface area (Å²) in [6.07, 6.45) is 13.8. The van der Waals surface area contributed by atoms with Crippen LogP contribution in [0.2, 0.25) is 0 Å². The molecule has 0 saturated heterocycles. The number of hydrogen-bond acceptors (Lipinski definition) is 1. The van der Waals surface area contributed by atoms with Gasteiger partial charge in [-0.3, -0.25) is 0 Å². The first-order valence-electron chi connectivity index (χ1n) is 11.9. The van der Waals surface area contributed by atoms with Crippen LogP contribution in [0.1, 0.15) is 83.1 Å². The number of benzene rings is 1. The molecule has 4 aliphatic carbocycles. The number of ether oxygens (including phenoxy) is 1. The third-order valence-corrected chi connectivity index (χ3v) is 7.67. The Hall–Kier alpha value is -1.53. The molecule has 0 N–H and O–H groups in total. The Morgan fingerprint density at radius 1 is 1.07 bits per heavy atom. The number of methoxy groups -OCH3 is 1. The van der Waals surface area contributed by atoms with E-state index in [2.05, 4.69) is 24.8 Å². The van der Waals surface area contributed by atoms with Gasteiger partial charge in [0.25, 0.3) is 0 Å². The van der Waals surface area contributed by atoms with Crippen molar-refractivity contribution in [3.63, 3.8) is 0 Å². The van der Waals surface area contributed by atoms with Gasteiger partial charge in [0, 0.05) is 11.8 Å². The van der Waals surface area contributed by atoms with Gasteiger partial charge in [0.05, 0.1) is 7.11 Å². The minimum Gasteiger partial charge on any atom is -0.497 e. The van der Waals surface area contributed by atoms with Crippen molar-refractivity contribution in [3.8, 4) is 5.75 Å². The molecule has 0 amide bonds. The molecule has 0 unspecified atom stereocenters. The van der Waals surface area contributed by atoms with E-state index < -0.39 is 0 Å². The third-order valence-electron chi connectivity index (χ3n) is 7.67. The van der Waals surface area contributed by atoms with Crippen LogP contribution < -0.4 is 4.74 Å². The minimum atomic E-state index is -0.183. The highest BCUT2D eigenvalue weighted by Gasteiger charge is 2.53. The van der Waals surface area contributed by atoms with Crippen LogP contribution in [0.25, 0.3) is 0 Å². The van der Waals surface area contributed by atoms with Crippen molar-refractivity contribution < 1.29 is 9.13 Å². The lowest BCUT2D eigenvalue weighted by molar-refractivity contribution is -0.0414. The number of hydrogen-bond donors (Lipinski definition) is 0. The summed E-state index contributed by atoms with van der Waals surface area (Å²) in [5, 5.41) is 0. The molecule has 0 spiro atoms. The molecule has 0 aromatic heterocycles. The molecule has 0 heterocycles. The zero-order valence-electron chi connectivity index (χ0n) is 18.3. The smallest absolute Gasteiger partial charge is 0.148 e. The molecule has 2 heteroatoms. The molecule has 0 radical (unpaired) electrons. The van der Waals surface area contributed by atoms with Crippen molar-refractivity contribution in [2.45, 2.75) is 84.0 Å². The lowest BCUT2D eigenvalue weighted by atomic mass is 9.49. The van der Waals surface area contributed by atoms with E-state index in [-0.39, 0.29) is 11.2 Å². The van der Waals surface area contributed by atoms with Gasteiger partial charge in [0.15, 0.2) is 0 Å². The van der Waals surface area contributed by atoms with Crippen LogP contribution in [0.4, 0.5) is 4.39 Å². The van der Waals surface area contributed by atoms with Crippen molar-refractivity contribution >= 4 is 0 Å². The van der Waals surface area contributed by atoms with Gasteiger partial charge in [-0.15, -0.1) is 0 Å². The van der Waals surface area contributed by atoms with Crippen LogP contribution in [0, 0.1) is 23.2 Å². The zero-order valence-corrected chi connectivity index (χ0v) is 18.3. The fourth-order valence-corrected chi connectivity index (χ4v) is 6.66. The molecular weight excluding hydrogens is 359 g/mol. The molecular formula is C27H37FO. The fourth-order valence-electron chi connectivity index (χ4n) is 6.66. The van der Waals surface area contributed by atoms with Crippen LogP contribution in [-0.2, 0) is 6.42 Å². The van der Waals surface area contributed by atoms with Crippen molar-refractivity contribution in [1.29, 1.82) is 0 Å². The van der Waals surface area contributed by atoms with Crippen molar-refractivity contribution in [1.82, 2.24) is 0 Å². The van der Waals surface area contributed by atoms with Crippen LogP contribution in [0.3, 0.4) is 0 Å². The van der Waals surface area contributed by atoms with Gasteiger partial charge in [-0.05, 0) is 92.4 Å². The summed E-state index contributed by atoms with van der Waals surface area (Å²) in [7, 11) is 1.70. The Labute approximate surface area is 176 Å². The standard InChI is InChI=1S/C27H37FO/c1-3-4-5-6-8-21(11-20-9-7-10-25(15-20)29-2)16-26(28)27-17-22-12-23(18-27)14-24(13-22)19-27/h7,9-10,15,22-24H,3-6,8,11-14,17-19H2,1-2H3. The molecule has 0 aliphatic heterocycles. The van der Waals surface area contributed by atoms with Crippen molar-refractivity contribution in [2.75, 3.05) is 7.11 Å². The maximum atomic E-state index is 15.8. The molecule has 5 rings (SSSR count). The Morgan fingerprint density at radius 2 is 1.76 bits per heavy atom. The summed E-state index contributed by atoms with van der Waals surface area (Å²) in [6, 6.07) is 8.21. The molecule has 4 saturated carbocycles. The Balaban J connectivity index is 1.59. The van der Waals surface area contributed by atoms with E-state index in [1.807, 2.05) is 12.1 Å². The lowest BCUT2D eigenvalue weighted by Gasteiger charge is -2.55. The van der Waals surface area contributed by atoms with Gasteiger partial charge >= 0.3 is 0 Å². The summed E-state index contributed by atoms with van der Waals surface area (Å²) >= 11 is 0. The van der Waals surface area contributed by atoms with Gasteiger partial charge < -0.3 is 4.74 Å². The quantitative estimate of drug-likeness (QED) is 0.305. The van der Waals surface area contributed by atoms with E-state index in [0.717, 1.165) is 67.6 Å². The SMILES string of the molecule is CCCCCCC(=C=C(F)C12CC3CC(CC(C3)C1)C2)Cc1cccc(OC)c1. The monoisotopic (exact) mass is 396 g/mol. The Bertz CT molecular complexity index is 735. The molecule has 0 atom stereocenters. The van der Waals surface area contributed by atoms with E-state index in [4.69, 9.17) is 4.74 Å². The molecule has 4 aliphatic rings. The highest BCUT2D eigenvalue weighted by atomic mass is 19.1. The number of halogens is 1. The second kappa shape index (κ2) is 9.09. The largest absolute Gasteiger partial charge is 0.497 e. The number of unbranched alkanes of at least 4 members (excludes halogenated alkanes) is 3. The van der Waals surface area contributed by atoms with Crippen LogP contribution in [0.5, 0.6) is 5.75 Å². The average Bonchev–Trinajstić information content (AvgIpc) is 2.70. The normalized spacial score (nSPS) is 29.6. The molecule has 29 heavy (non-hydrogen) atoms. The van der Waals surface area contributed by atoms with Gasteiger partial charge in [0.1, 0.15) is 11.6 Å². The maximum Gasteiger partial charge on any atom is 0.148 e. The van der Waals surface area contributed by atoms with E-state index in [1.54, 1.807) is 7.11 Å². The molecule has 4 bridgehead atoms. The highest BCUT2D eigenvalue weighted by molar-refractivity contribution is 5.31. The zero-order chi connectivity index (χ0) is 20.3. The minimum absolute atomic E-state index is 0.0880. The van der Waals surface area contributed by atoms with Crippen LogP contribution in [0.15, 0.2) is 41.4 Å². The van der Waals surface area contributed by atoms with Crippen LogP contribution in [-0.4, -0.2) is 7.11 Å². The summed E-state index contributed by atoms with van der Waals surface area (Å²) < 4.78 is 21.2. The number of rotatable bonds is 9. The van der Waals surface area contributed by atoms with Crippen LogP contribution >= 0.6 is 0 Å². The molecule has 1 nitrogen and oxygen atoms in total. The summed E-state index contributed by atoms with van der Waals surface area (Å²) in [5.41, 5.74) is 5.52. The fraction of sp³-hybridized carbons (Fsp3) is 0.667. The topological polar surface area (TPSA) is 9.23 Å². The predicted molar refractivity (Wildman–Crippen MR) is 118 cm³/mol. The number of allylic oxidation sites excluding steroid dienone is 1. The molecule has 4 fully saturated rings.